The number of fused-ring (bicyclic) bond motifs is 1. The minimum Gasteiger partial charge on any atom is -0.479 e. The first-order valence-corrected chi connectivity index (χ1v) is 12.5. The van der Waals surface area contributed by atoms with Crippen LogP contribution in [0.1, 0.15) is 36.5 Å². The third-order valence-electron chi connectivity index (χ3n) is 6.38. The number of aryl methyl sites for hydroxylation is 3. The number of amides is 2. The Bertz CT molecular complexity index is 1200. The zero-order chi connectivity index (χ0) is 23.9. The fraction of sp³-hybridized carbons (Fsp3) is 0.417. The lowest BCUT2D eigenvalue weighted by Crippen LogP contribution is -2.41. The lowest BCUT2D eigenvalue weighted by Gasteiger charge is -2.32. The van der Waals surface area contributed by atoms with Crippen molar-refractivity contribution in [3.8, 4) is 5.75 Å². The van der Waals surface area contributed by atoms with Crippen LogP contribution in [0.3, 0.4) is 0 Å². The van der Waals surface area contributed by atoms with Crippen molar-refractivity contribution in [3.63, 3.8) is 0 Å². The highest BCUT2D eigenvalue weighted by atomic mass is 32.2. The van der Waals surface area contributed by atoms with E-state index in [0.29, 0.717) is 29.8 Å². The molecule has 1 unspecified atom stereocenters. The van der Waals surface area contributed by atoms with Gasteiger partial charge in [-0.25, -0.2) is 8.42 Å². The first-order valence-electron chi connectivity index (χ1n) is 11.1. The van der Waals surface area contributed by atoms with Crippen LogP contribution in [0.4, 0.5) is 11.4 Å². The van der Waals surface area contributed by atoms with Crippen molar-refractivity contribution in [2.45, 2.75) is 51.5 Å². The Hall–Kier alpha value is -2.91. The summed E-state index contributed by atoms with van der Waals surface area (Å²) in [5, 5.41) is 5.76. The van der Waals surface area contributed by atoms with E-state index >= 15 is 0 Å². The highest BCUT2D eigenvalue weighted by Crippen LogP contribution is 2.36. The molecule has 2 aromatic rings. The summed E-state index contributed by atoms with van der Waals surface area (Å²) in [7, 11) is -3.77. The molecule has 176 valence electrons. The van der Waals surface area contributed by atoms with E-state index < -0.39 is 16.1 Å². The summed E-state index contributed by atoms with van der Waals surface area (Å²) in [6.45, 7) is 7.74. The number of benzene rings is 2. The molecule has 33 heavy (non-hydrogen) atoms. The number of anilines is 2. The highest BCUT2D eigenvalue weighted by molar-refractivity contribution is 7.89. The molecular formula is C24H29N3O5S. The van der Waals surface area contributed by atoms with Crippen LogP contribution >= 0.6 is 0 Å². The Kier molecular flexibility index (Phi) is 6.20. The second kappa shape index (κ2) is 8.79. The molecule has 2 heterocycles. The van der Waals surface area contributed by atoms with Gasteiger partial charge in [-0.2, -0.15) is 4.31 Å². The van der Waals surface area contributed by atoms with Crippen molar-refractivity contribution in [1.29, 1.82) is 0 Å². The maximum Gasteiger partial charge on any atom is 0.265 e. The van der Waals surface area contributed by atoms with Gasteiger partial charge in [-0.1, -0.05) is 18.2 Å². The van der Waals surface area contributed by atoms with Gasteiger partial charge in [-0.15, -0.1) is 0 Å². The second-order valence-corrected chi connectivity index (χ2v) is 10.7. The predicted octanol–water partition coefficient (Wildman–Crippen LogP) is 3.37. The molecule has 1 fully saturated rings. The summed E-state index contributed by atoms with van der Waals surface area (Å²) in [6, 6.07) is 8.96. The van der Waals surface area contributed by atoms with Crippen molar-refractivity contribution < 1.29 is 22.7 Å². The Labute approximate surface area is 194 Å². The molecule has 0 saturated carbocycles. The van der Waals surface area contributed by atoms with Crippen molar-refractivity contribution in [2.75, 3.05) is 23.7 Å². The first-order chi connectivity index (χ1) is 15.6. The van der Waals surface area contributed by atoms with Crippen LogP contribution < -0.4 is 15.4 Å². The Balaban J connectivity index is 1.47. The monoisotopic (exact) mass is 471 g/mol. The number of piperidine rings is 1. The van der Waals surface area contributed by atoms with E-state index in [-0.39, 0.29) is 35.7 Å². The number of carbonyl (C=O) groups excluding carboxylic acids is 2. The van der Waals surface area contributed by atoms with Crippen molar-refractivity contribution >= 4 is 33.2 Å². The first kappa shape index (κ1) is 23.3. The molecule has 0 bridgehead atoms. The number of hydrogen-bond donors (Lipinski definition) is 2. The van der Waals surface area contributed by atoms with Gasteiger partial charge in [0, 0.05) is 30.8 Å². The summed E-state index contributed by atoms with van der Waals surface area (Å²) in [5.41, 5.74) is 3.82. The number of para-hydroxylation sites is 1. The Morgan fingerprint density at radius 2 is 1.73 bits per heavy atom. The molecule has 0 aromatic heterocycles. The average Bonchev–Trinajstić information content (AvgIpc) is 2.77. The van der Waals surface area contributed by atoms with Crippen LogP contribution in [0.25, 0.3) is 0 Å². The quantitative estimate of drug-likeness (QED) is 0.711. The molecule has 0 spiro atoms. The second-order valence-electron chi connectivity index (χ2n) is 8.80. The minimum absolute atomic E-state index is 0.0764. The smallest absolute Gasteiger partial charge is 0.265 e. The largest absolute Gasteiger partial charge is 0.479 e. The lowest BCUT2D eigenvalue weighted by molar-refractivity contribution is -0.123. The molecule has 0 aliphatic carbocycles. The van der Waals surface area contributed by atoms with E-state index in [0.717, 1.165) is 16.8 Å². The van der Waals surface area contributed by atoms with Crippen LogP contribution in [0.5, 0.6) is 5.75 Å². The SMILES string of the molecule is Cc1cc2c(cc1S(=O)(=O)N1CCC(C(=O)Nc3c(C)cccc3C)CC1)OC(C)C(=O)N2. The fourth-order valence-corrected chi connectivity index (χ4v) is 6.05. The summed E-state index contributed by atoms with van der Waals surface area (Å²) < 4.78 is 33.8. The molecule has 2 aromatic carbocycles. The number of carbonyl (C=O) groups is 2. The molecule has 2 amide bonds. The topological polar surface area (TPSA) is 105 Å². The van der Waals surface area contributed by atoms with Crippen LogP contribution in [-0.4, -0.2) is 43.7 Å². The van der Waals surface area contributed by atoms with Gasteiger partial charge < -0.3 is 15.4 Å². The van der Waals surface area contributed by atoms with Crippen LogP contribution in [0.2, 0.25) is 0 Å². The zero-order valence-corrected chi connectivity index (χ0v) is 20.1. The molecular weight excluding hydrogens is 442 g/mol. The highest BCUT2D eigenvalue weighted by Gasteiger charge is 2.34. The minimum atomic E-state index is -3.77. The predicted molar refractivity (Wildman–Crippen MR) is 126 cm³/mol. The van der Waals surface area contributed by atoms with Gasteiger partial charge in [0.2, 0.25) is 15.9 Å². The standard InChI is InChI=1S/C24H29N3O5S/c1-14-6-5-7-15(2)22(14)26-24(29)18-8-10-27(11-9-18)33(30,31)21-13-20-19(12-16(21)3)25-23(28)17(4)32-20/h5-7,12-13,17-18H,8-11H2,1-4H3,(H,25,28)(H,26,29). The normalized spacial score (nSPS) is 19.4. The maximum atomic E-state index is 13.4. The third-order valence-corrected chi connectivity index (χ3v) is 8.42. The molecule has 4 rings (SSSR count). The number of nitrogens with zero attached hydrogens (tertiary/aromatic N) is 1. The van der Waals surface area contributed by atoms with Crippen LogP contribution in [0.15, 0.2) is 35.2 Å². The Morgan fingerprint density at radius 3 is 2.36 bits per heavy atom. The average molecular weight is 472 g/mol. The molecule has 1 atom stereocenters. The van der Waals surface area contributed by atoms with E-state index in [1.54, 1.807) is 19.9 Å². The van der Waals surface area contributed by atoms with Crippen molar-refractivity contribution in [1.82, 2.24) is 4.31 Å². The zero-order valence-electron chi connectivity index (χ0n) is 19.3. The summed E-state index contributed by atoms with van der Waals surface area (Å²) in [5.74, 6) is -0.250. The fourth-order valence-electron chi connectivity index (χ4n) is 4.36. The van der Waals surface area contributed by atoms with Crippen molar-refractivity contribution in [3.05, 3.63) is 47.0 Å². The van der Waals surface area contributed by atoms with Gasteiger partial charge >= 0.3 is 0 Å². The number of sulfonamides is 1. The Morgan fingerprint density at radius 1 is 1.09 bits per heavy atom. The van der Waals surface area contributed by atoms with Crippen molar-refractivity contribution in [2.24, 2.45) is 5.92 Å². The van der Waals surface area contributed by atoms with Crippen LogP contribution in [0, 0.1) is 26.7 Å². The molecule has 2 N–H and O–H groups in total. The molecule has 2 aliphatic rings. The van der Waals surface area contributed by atoms with Gasteiger partial charge in [-0.3, -0.25) is 9.59 Å². The van der Waals surface area contributed by atoms with Crippen LogP contribution in [-0.2, 0) is 19.6 Å². The van der Waals surface area contributed by atoms with E-state index in [4.69, 9.17) is 4.74 Å². The third kappa shape index (κ3) is 4.47. The number of hydrogen-bond acceptors (Lipinski definition) is 5. The van der Waals surface area contributed by atoms with Gasteiger partial charge in [0.15, 0.2) is 6.10 Å². The molecule has 0 radical (unpaired) electrons. The molecule has 9 heteroatoms. The van der Waals surface area contributed by atoms with Gasteiger partial charge in [0.05, 0.1) is 10.6 Å². The van der Waals surface area contributed by atoms with Gasteiger partial charge in [-0.05, 0) is 63.3 Å². The summed E-state index contributed by atoms with van der Waals surface area (Å²) in [6.07, 6.45) is 0.203. The van der Waals surface area contributed by atoms with E-state index in [1.807, 2.05) is 32.0 Å². The van der Waals surface area contributed by atoms with Gasteiger partial charge in [0.1, 0.15) is 5.75 Å². The molecule has 8 nitrogen and oxygen atoms in total. The number of rotatable bonds is 4. The number of ether oxygens (including phenoxy) is 1. The molecule has 1 saturated heterocycles. The maximum absolute atomic E-state index is 13.4. The lowest BCUT2D eigenvalue weighted by atomic mass is 9.96. The molecule has 2 aliphatic heterocycles. The number of nitrogens with one attached hydrogen (secondary N) is 2. The van der Waals surface area contributed by atoms with Gasteiger partial charge in [0.25, 0.3) is 5.91 Å². The van der Waals surface area contributed by atoms with E-state index in [9.17, 15) is 18.0 Å². The summed E-state index contributed by atoms with van der Waals surface area (Å²) >= 11 is 0. The van der Waals surface area contributed by atoms with E-state index in [2.05, 4.69) is 10.6 Å². The summed E-state index contributed by atoms with van der Waals surface area (Å²) in [4.78, 5) is 24.8. The van der Waals surface area contributed by atoms with E-state index in [1.165, 1.54) is 10.4 Å².